The summed E-state index contributed by atoms with van der Waals surface area (Å²) < 4.78 is 2.01. The van der Waals surface area contributed by atoms with Crippen molar-refractivity contribution < 1.29 is 4.79 Å². The largest absolute Gasteiger partial charge is 0.343 e. The lowest BCUT2D eigenvalue weighted by Crippen LogP contribution is -2.32. The van der Waals surface area contributed by atoms with Crippen molar-refractivity contribution >= 4 is 5.91 Å². The molecule has 0 radical (unpaired) electrons. The number of carbonyl (C=O) groups excluding carboxylic acids is 1. The molecule has 1 aromatic heterocycles. The highest BCUT2D eigenvalue weighted by atomic mass is 16.2. The molecule has 0 aliphatic rings. The predicted octanol–water partition coefficient (Wildman–Crippen LogP) is 2.31. The van der Waals surface area contributed by atoms with E-state index in [1.165, 1.54) is 0 Å². The minimum absolute atomic E-state index is 0.286. The molecule has 0 aromatic carbocycles. The lowest BCUT2D eigenvalue weighted by Gasteiger charge is -2.21. The molecule has 0 bridgehead atoms. The van der Waals surface area contributed by atoms with Gasteiger partial charge in [0.2, 0.25) is 5.91 Å². The molecule has 17 heavy (non-hydrogen) atoms. The van der Waals surface area contributed by atoms with Crippen LogP contribution in [0.4, 0.5) is 0 Å². The van der Waals surface area contributed by atoms with Crippen LogP contribution in [0.5, 0.6) is 0 Å². The van der Waals surface area contributed by atoms with Crippen molar-refractivity contribution in [2.75, 3.05) is 13.1 Å². The SMILES string of the molecule is CCCN(CCC)C(=O)CCCn1ccnc1. The van der Waals surface area contributed by atoms with E-state index in [9.17, 15) is 4.79 Å². The molecule has 0 N–H and O–H groups in total. The van der Waals surface area contributed by atoms with E-state index < -0.39 is 0 Å². The number of imidazole rings is 1. The molecule has 1 rings (SSSR count). The van der Waals surface area contributed by atoms with Gasteiger partial charge < -0.3 is 9.47 Å². The molecule has 1 heterocycles. The number of hydrogen-bond acceptors (Lipinski definition) is 2. The zero-order valence-corrected chi connectivity index (χ0v) is 10.9. The van der Waals surface area contributed by atoms with E-state index in [1.54, 1.807) is 12.5 Å². The Kier molecular flexibility index (Phi) is 6.37. The summed E-state index contributed by atoms with van der Waals surface area (Å²) in [5.74, 6) is 0.286. The minimum atomic E-state index is 0.286. The summed E-state index contributed by atoms with van der Waals surface area (Å²) >= 11 is 0. The normalized spacial score (nSPS) is 10.5. The van der Waals surface area contributed by atoms with Crippen LogP contribution in [0.1, 0.15) is 39.5 Å². The third-order valence-corrected chi connectivity index (χ3v) is 2.71. The van der Waals surface area contributed by atoms with Crippen molar-refractivity contribution in [3.8, 4) is 0 Å². The second-order valence-electron chi connectivity index (χ2n) is 4.28. The number of hydrogen-bond donors (Lipinski definition) is 0. The van der Waals surface area contributed by atoms with Crippen LogP contribution in [-0.2, 0) is 11.3 Å². The average molecular weight is 237 g/mol. The molecule has 1 aromatic rings. The van der Waals surface area contributed by atoms with Gasteiger partial charge in [-0.1, -0.05) is 13.8 Å². The van der Waals surface area contributed by atoms with Crippen LogP contribution in [0.15, 0.2) is 18.7 Å². The van der Waals surface area contributed by atoms with Gasteiger partial charge in [0, 0.05) is 38.4 Å². The highest BCUT2D eigenvalue weighted by Crippen LogP contribution is 2.02. The van der Waals surface area contributed by atoms with Gasteiger partial charge in [-0.3, -0.25) is 4.79 Å². The zero-order chi connectivity index (χ0) is 12.5. The van der Waals surface area contributed by atoms with Gasteiger partial charge in [0.15, 0.2) is 0 Å². The van der Waals surface area contributed by atoms with E-state index in [2.05, 4.69) is 18.8 Å². The first-order chi connectivity index (χ1) is 8.27. The predicted molar refractivity (Wildman–Crippen MR) is 68.6 cm³/mol. The molecule has 0 saturated carbocycles. The Morgan fingerprint density at radius 2 is 2.00 bits per heavy atom. The lowest BCUT2D eigenvalue weighted by atomic mass is 10.2. The van der Waals surface area contributed by atoms with E-state index in [1.807, 2.05) is 15.7 Å². The smallest absolute Gasteiger partial charge is 0.222 e. The molecule has 4 nitrogen and oxygen atoms in total. The summed E-state index contributed by atoms with van der Waals surface area (Å²) in [5.41, 5.74) is 0. The fourth-order valence-electron chi connectivity index (χ4n) is 1.89. The van der Waals surface area contributed by atoms with Crippen molar-refractivity contribution in [3.05, 3.63) is 18.7 Å². The number of aryl methyl sites for hydroxylation is 1. The monoisotopic (exact) mass is 237 g/mol. The van der Waals surface area contributed by atoms with Crippen LogP contribution in [0.2, 0.25) is 0 Å². The number of amides is 1. The van der Waals surface area contributed by atoms with E-state index in [4.69, 9.17) is 0 Å². The number of rotatable bonds is 8. The topological polar surface area (TPSA) is 38.1 Å². The standard InChI is InChI=1S/C13H23N3O/c1-3-8-16(9-4-2)13(17)6-5-10-15-11-7-14-12-15/h7,11-12H,3-6,8-10H2,1-2H3. The van der Waals surface area contributed by atoms with Gasteiger partial charge in [-0.25, -0.2) is 4.98 Å². The van der Waals surface area contributed by atoms with Gasteiger partial charge in [-0.05, 0) is 19.3 Å². The van der Waals surface area contributed by atoms with Gasteiger partial charge in [-0.15, -0.1) is 0 Å². The summed E-state index contributed by atoms with van der Waals surface area (Å²) in [5, 5.41) is 0. The summed E-state index contributed by atoms with van der Waals surface area (Å²) in [6.45, 7) is 6.87. The van der Waals surface area contributed by atoms with E-state index in [0.717, 1.165) is 38.9 Å². The highest BCUT2D eigenvalue weighted by Gasteiger charge is 2.10. The minimum Gasteiger partial charge on any atom is -0.343 e. The van der Waals surface area contributed by atoms with Crippen molar-refractivity contribution in [3.63, 3.8) is 0 Å². The summed E-state index contributed by atoms with van der Waals surface area (Å²) in [6.07, 6.45) is 9.08. The van der Waals surface area contributed by atoms with Crippen molar-refractivity contribution in [1.82, 2.24) is 14.5 Å². The Bertz CT molecular complexity index is 302. The molecule has 0 aliphatic carbocycles. The fourth-order valence-corrected chi connectivity index (χ4v) is 1.89. The Morgan fingerprint density at radius 1 is 1.29 bits per heavy atom. The molecule has 4 heteroatoms. The molecule has 96 valence electrons. The zero-order valence-electron chi connectivity index (χ0n) is 10.9. The van der Waals surface area contributed by atoms with Crippen LogP contribution in [-0.4, -0.2) is 33.4 Å². The van der Waals surface area contributed by atoms with Crippen LogP contribution in [0.25, 0.3) is 0 Å². The van der Waals surface area contributed by atoms with E-state index >= 15 is 0 Å². The third-order valence-electron chi connectivity index (χ3n) is 2.71. The van der Waals surface area contributed by atoms with Crippen molar-refractivity contribution in [2.45, 2.75) is 46.1 Å². The quantitative estimate of drug-likeness (QED) is 0.696. The molecule has 0 atom stereocenters. The molecule has 0 spiro atoms. The first-order valence-electron chi connectivity index (χ1n) is 6.51. The Hall–Kier alpha value is -1.32. The van der Waals surface area contributed by atoms with E-state index in [0.29, 0.717) is 6.42 Å². The summed E-state index contributed by atoms with van der Waals surface area (Å²) in [6, 6.07) is 0. The van der Waals surface area contributed by atoms with Crippen LogP contribution < -0.4 is 0 Å². The molecule has 0 unspecified atom stereocenters. The highest BCUT2D eigenvalue weighted by molar-refractivity contribution is 5.76. The fraction of sp³-hybridized carbons (Fsp3) is 0.692. The number of nitrogens with zero attached hydrogens (tertiary/aromatic N) is 3. The second-order valence-corrected chi connectivity index (χ2v) is 4.28. The van der Waals surface area contributed by atoms with Gasteiger partial charge in [0.05, 0.1) is 6.33 Å². The Morgan fingerprint density at radius 3 is 2.53 bits per heavy atom. The van der Waals surface area contributed by atoms with Crippen LogP contribution in [0, 0.1) is 0 Å². The third kappa shape index (κ3) is 5.02. The first kappa shape index (κ1) is 13.7. The summed E-state index contributed by atoms with van der Waals surface area (Å²) in [4.78, 5) is 17.9. The maximum absolute atomic E-state index is 12.0. The first-order valence-corrected chi connectivity index (χ1v) is 6.51. The molecule has 0 fully saturated rings. The molecule has 0 saturated heterocycles. The van der Waals surface area contributed by atoms with E-state index in [-0.39, 0.29) is 5.91 Å². The summed E-state index contributed by atoms with van der Waals surface area (Å²) in [7, 11) is 0. The molecular formula is C13H23N3O. The number of carbonyl (C=O) groups is 1. The van der Waals surface area contributed by atoms with Gasteiger partial charge in [0.25, 0.3) is 0 Å². The number of aromatic nitrogens is 2. The van der Waals surface area contributed by atoms with Gasteiger partial charge in [0.1, 0.15) is 0 Å². The second kappa shape index (κ2) is 7.87. The maximum Gasteiger partial charge on any atom is 0.222 e. The van der Waals surface area contributed by atoms with Crippen molar-refractivity contribution in [2.24, 2.45) is 0 Å². The molecule has 0 aliphatic heterocycles. The van der Waals surface area contributed by atoms with Gasteiger partial charge in [-0.2, -0.15) is 0 Å². The maximum atomic E-state index is 12.0. The lowest BCUT2D eigenvalue weighted by molar-refractivity contribution is -0.131. The Labute approximate surface area is 104 Å². The average Bonchev–Trinajstić information content (AvgIpc) is 2.81. The Balaban J connectivity index is 2.26. The van der Waals surface area contributed by atoms with Gasteiger partial charge >= 0.3 is 0 Å². The molecule has 1 amide bonds. The van der Waals surface area contributed by atoms with Crippen LogP contribution >= 0.6 is 0 Å². The van der Waals surface area contributed by atoms with Crippen LogP contribution in [0.3, 0.4) is 0 Å². The molecular weight excluding hydrogens is 214 g/mol. The van der Waals surface area contributed by atoms with Crippen molar-refractivity contribution in [1.29, 1.82) is 0 Å².